The van der Waals surface area contributed by atoms with Crippen LogP contribution in [0.2, 0.25) is 0 Å². The van der Waals surface area contributed by atoms with Gasteiger partial charge in [0.15, 0.2) is 5.11 Å². The Morgan fingerprint density at radius 1 is 1.47 bits per heavy atom. The van der Waals surface area contributed by atoms with Crippen LogP contribution in [0, 0.1) is 0 Å². The standard InChI is InChI=1S/C11H12F3N3OS/c1-2-15-10(19)17-9(18)6-8-5-7(3-4-16-8)11(12,13)14/h3-5H,2,6H2,1H3,(H2,15,17,18,19). The minimum Gasteiger partial charge on any atom is -0.363 e. The number of nitrogens with zero attached hydrogens (tertiary/aromatic N) is 1. The molecule has 8 heteroatoms. The van der Waals surface area contributed by atoms with Crippen LogP contribution >= 0.6 is 12.2 Å². The van der Waals surface area contributed by atoms with Gasteiger partial charge in [-0.1, -0.05) is 0 Å². The van der Waals surface area contributed by atoms with Crippen LogP contribution in [0.25, 0.3) is 0 Å². The number of carbonyl (C=O) groups excluding carboxylic acids is 1. The maximum Gasteiger partial charge on any atom is 0.416 e. The van der Waals surface area contributed by atoms with Crippen molar-refractivity contribution < 1.29 is 18.0 Å². The second kappa shape index (κ2) is 6.46. The van der Waals surface area contributed by atoms with Gasteiger partial charge in [0.05, 0.1) is 17.7 Å². The second-order valence-electron chi connectivity index (χ2n) is 3.62. The summed E-state index contributed by atoms with van der Waals surface area (Å²) in [5, 5.41) is 5.18. The first kappa shape index (κ1) is 15.4. The summed E-state index contributed by atoms with van der Waals surface area (Å²) >= 11 is 4.79. The van der Waals surface area contributed by atoms with Crippen LogP contribution in [0.3, 0.4) is 0 Å². The van der Waals surface area contributed by atoms with Crippen LogP contribution in [-0.4, -0.2) is 22.5 Å². The van der Waals surface area contributed by atoms with Crippen molar-refractivity contribution in [2.45, 2.75) is 19.5 Å². The van der Waals surface area contributed by atoms with E-state index in [1.165, 1.54) is 0 Å². The molecule has 1 rings (SSSR count). The first-order valence-corrected chi connectivity index (χ1v) is 5.83. The number of nitrogens with one attached hydrogen (secondary N) is 2. The lowest BCUT2D eigenvalue weighted by atomic mass is 10.2. The molecule has 4 nitrogen and oxygen atoms in total. The lowest BCUT2D eigenvalue weighted by Crippen LogP contribution is -2.39. The fourth-order valence-electron chi connectivity index (χ4n) is 1.29. The zero-order chi connectivity index (χ0) is 14.5. The van der Waals surface area contributed by atoms with Crippen LogP contribution in [-0.2, 0) is 17.4 Å². The normalized spacial score (nSPS) is 10.9. The van der Waals surface area contributed by atoms with Crippen LogP contribution in [0.5, 0.6) is 0 Å². The Hall–Kier alpha value is -1.70. The number of pyridine rings is 1. The highest BCUT2D eigenvalue weighted by molar-refractivity contribution is 7.80. The minimum atomic E-state index is -4.45. The van der Waals surface area contributed by atoms with Gasteiger partial charge in [0.25, 0.3) is 0 Å². The molecule has 0 aliphatic heterocycles. The Kier molecular flexibility index (Phi) is 5.22. The Morgan fingerprint density at radius 2 is 2.16 bits per heavy atom. The van der Waals surface area contributed by atoms with Gasteiger partial charge in [-0.2, -0.15) is 13.2 Å². The molecular weight excluding hydrogens is 279 g/mol. The maximum absolute atomic E-state index is 12.5. The maximum atomic E-state index is 12.5. The molecule has 0 bridgehead atoms. The molecule has 1 heterocycles. The number of rotatable bonds is 3. The first-order chi connectivity index (χ1) is 8.82. The van der Waals surface area contributed by atoms with Crippen molar-refractivity contribution in [2.24, 2.45) is 0 Å². The van der Waals surface area contributed by atoms with E-state index in [1.54, 1.807) is 6.92 Å². The highest BCUT2D eigenvalue weighted by atomic mass is 32.1. The van der Waals surface area contributed by atoms with Gasteiger partial charge in [-0.15, -0.1) is 0 Å². The van der Waals surface area contributed by atoms with E-state index in [1.807, 2.05) is 0 Å². The Morgan fingerprint density at radius 3 is 2.74 bits per heavy atom. The molecule has 0 unspecified atom stereocenters. The first-order valence-electron chi connectivity index (χ1n) is 5.42. The van der Waals surface area contributed by atoms with Gasteiger partial charge in [-0.3, -0.25) is 9.78 Å². The molecule has 104 valence electrons. The van der Waals surface area contributed by atoms with Crippen molar-refractivity contribution in [1.29, 1.82) is 0 Å². The molecule has 0 spiro atoms. The van der Waals surface area contributed by atoms with Crippen LogP contribution in [0.15, 0.2) is 18.3 Å². The molecule has 0 aromatic carbocycles. The third-order valence-corrected chi connectivity index (χ3v) is 2.32. The summed E-state index contributed by atoms with van der Waals surface area (Å²) in [6, 6.07) is 1.69. The topological polar surface area (TPSA) is 54.0 Å². The van der Waals surface area contributed by atoms with Gasteiger partial charge in [-0.25, -0.2) is 0 Å². The van der Waals surface area contributed by atoms with E-state index >= 15 is 0 Å². The van der Waals surface area contributed by atoms with Gasteiger partial charge in [0, 0.05) is 12.7 Å². The van der Waals surface area contributed by atoms with Crippen molar-refractivity contribution in [3.8, 4) is 0 Å². The van der Waals surface area contributed by atoms with E-state index < -0.39 is 17.6 Å². The van der Waals surface area contributed by atoms with Crippen molar-refractivity contribution in [2.75, 3.05) is 6.54 Å². The van der Waals surface area contributed by atoms with Crippen molar-refractivity contribution in [3.05, 3.63) is 29.6 Å². The van der Waals surface area contributed by atoms with Crippen molar-refractivity contribution >= 4 is 23.2 Å². The highest BCUT2D eigenvalue weighted by Gasteiger charge is 2.30. The lowest BCUT2D eigenvalue weighted by Gasteiger charge is -2.09. The quantitative estimate of drug-likeness (QED) is 0.832. The number of hydrogen-bond donors (Lipinski definition) is 2. The highest BCUT2D eigenvalue weighted by Crippen LogP contribution is 2.28. The number of alkyl halides is 3. The molecule has 0 saturated carbocycles. The molecule has 2 N–H and O–H groups in total. The number of halogens is 3. The van der Waals surface area contributed by atoms with E-state index in [9.17, 15) is 18.0 Å². The Balaban J connectivity index is 2.67. The van der Waals surface area contributed by atoms with Crippen molar-refractivity contribution in [1.82, 2.24) is 15.6 Å². The largest absolute Gasteiger partial charge is 0.416 e. The molecule has 0 saturated heterocycles. The van der Waals surface area contributed by atoms with Gasteiger partial charge < -0.3 is 10.6 Å². The summed E-state index contributed by atoms with van der Waals surface area (Å²) in [5.41, 5.74) is -0.800. The van der Waals surface area contributed by atoms with E-state index in [0.717, 1.165) is 18.3 Å². The summed E-state index contributed by atoms with van der Waals surface area (Å²) in [5.74, 6) is -0.516. The fraction of sp³-hybridized carbons (Fsp3) is 0.364. The summed E-state index contributed by atoms with van der Waals surface area (Å²) in [4.78, 5) is 15.2. The van der Waals surface area contributed by atoms with Crippen molar-refractivity contribution in [3.63, 3.8) is 0 Å². The van der Waals surface area contributed by atoms with E-state index in [2.05, 4.69) is 15.6 Å². The smallest absolute Gasteiger partial charge is 0.363 e. The molecule has 0 aliphatic rings. The second-order valence-corrected chi connectivity index (χ2v) is 4.03. The number of carbonyl (C=O) groups is 1. The van der Waals surface area contributed by atoms with Gasteiger partial charge in [0.2, 0.25) is 5.91 Å². The summed E-state index contributed by atoms with van der Waals surface area (Å²) < 4.78 is 37.4. The molecule has 1 amide bonds. The molecule has 1 aromatic heterocycles. The molecule has 0 fully saturated rings. The van der Waals surface area contributed by atoms with Crippen LogP contribution in [0.1, 0.15) is 18.2 Å². The number of amides is 1. The average molecular weight is 291 g/mol. The van der Waals surface area contributed by atoms with Gasteiger partial charge in [-0.05, 0) is 31.3 Å². The van der Waals surface area contributed by atoms with E-state index in [-0.39, 0.29) is 17.2 Å². The Labute approximate surface area is 113 Å². The average Bonchev–Trinajstić information content (AvgIpc) is 2.28. The third kappa shape index (κ3) is 5.21. The SMILES string of the molecule is CCNC(=S)NC(=O)Cc1cc(C(F)(F)F)ccn1. The zero-order valence-electron chi connectivity index (χ0n) is 10.0. The summed E-state index contributed by atoms with van der Waals surface area (Å²) in [6.07, 6.45) is -3.70. The van der Waals surface area contributed by atoms with E-state index in [0.29, 0.717) is 6.54 Å². The van der Waals surface area contributed by atoms with Crippen LogP contribution < -0.4 is 10.6 Å². The monoisotopic (exact) mass is 291 g/mol. The molecule has 1 aromatic rings. The molecular formula is C11H12F3N3OS. The number of aromatic nitrogens is 1. The lowest BCUT2D eigenvalue weighted by molar-refractivity contribution is -0.137. The zero-order valence-corrected chi connectivity index (χ0v) is 10.9. The predicted octanol–water partition coefficient (Wildman–Crippen LogP) is 1.65. The van der Waals surface area contributed by atoms with E-state index in [4.69, 9.17) is 12.2 Å². The molecule has 19 heavy (non-hydrogen) atoms. The minimum absolute atomic E-state index is 0.0339. The number of thiocarbonyl (C=S) groups is 1. The fourth-order valence-corrected chi connectivity index (χ4v) is 1.55. The van der Waals surface area contributed by atoms with Gasteiger partial charge >= 0.3 is 6.18 Å². The molecule has 0 radical (unpaired) electrons. The predicted molar refractivity (Wildman–Crippen MR) is 67.4 cm³/mol. The molecule has 0 atom stereocenters. The summed E-state index contributed by atoms with van der Waals surface area (Å²) in [6.45, 7) is 2.34. The van der Waals surface area contributed by atoms with Gasteiger partial charge in [0.1, 0.15) is 0 Å². The third-order valence-electron chi connectivity index (χ3n) is 2.08. The number of hydrogen-bond acceptors (Lipinski definition) is 3. The summed E-state index contributed by atoms with van der Waals surface area (Å²) in [7, 11) is 0. The Bertz CT molecular complexity index is 476. The molecule has 0 aliphatic carbocycles. The van der Waals surface area contributed by atoms with Crippen LogP contribution in [0.4, 0.5) is 13.2 Å².